The molecule has 1 heterocycles. The highest BCUT2D eigenvalue weighted by molar-refractivity contribution is 5.29. The Morgan fingerprint density at radius 1 is 1.21 bits per heavy atom. The lowest BCUT2D eigenvalue weighted by molar-refractivity contribution is -0.274. The SMILES string of the molecule is NC[C@@H]1CCC[C@H](c2ccc(OC(F)(F)F)cc2)O1. The molecule has 0 unspecified atom stereocenters. The maximum atomic E-state index is 12.0. The van der Waals surface area contributed by atoms with E-state index >= 15 is 0 Å². The second kappa shape index (κ2) is 5.79. The van der Waals surface area contributed by atoms with E-state index in [0.29, 0.717) is 6.54 Å². The highest BCUT2D eigenvalue weighted by Crippen LogP contribution is 2.32. The molecule has 0 spiro atoms. The van der Waals surface area contributed by atoms with E-state index in [1.54, 1.807) is 12.1 Å². The maximum absolute atomic E-state index is 12.0. The molecule has 1 aromatic rings. The minimum Gasteiger partial charge on any atom is -0.406 e. The third-order valence-electron chi connectivity index (χ3n) is 3.10. The first-order valence-corrected chi connectivity index (χ1v) is 6.19. The number of hydrogen-bond acceptors (Lipinski definition) is 3. The summed E-state index contributed by atoms with van der Waals surface area (Å²) in [7, 11) is 0. The van der Waals surface area contributed by atoms with E-state index in [2.05, 4.69) is 4.74 Å². The Kier molecular flexibility index (Phi) is 4.31. The molecular formula is C13H16F3NO2. The molecule has 2 rings (SSSR count). The van der Waals surface area contributed by atoms with Gasteiger partial charge in [-0.3, -0.25) is 0 Å². The number of rotatable bonds is 3. The second-order valence-corrected chi connectivity index (χ2v) is 4.53. The fourth-order valence-electron chi connectivity index (χ4n) is 2.20. The fraction of sp³-hybridized carbons (Fsp3) is 0.538. The van der Waals surface area contributed by atoms with Crippen LogP contribution in [0.25, 0.3) is 0 Å². The quantitative estimate of drug-likeness (QED) is 0.921. The van der Waals surface area contributed by atoms with Crippen LogP contribution in [0.15, 0.2) is 24.3 Å². The summed E-state index contributed by atoms with van der Waals surface area (Å²) in [5, 5.41) is 0. The van der Waals surface area contributed by atoms with Crippen LogP contribution in [0, 0.1) is 0 Å². The fourth-order valence-corrected chi connectivity index (χ4v) is 2.20. The minimum atomic E-state index is -4.66. The van der Waals surface area contributed by atoms with E-state index in [9.17, 15) is 13.2 Å². The summed E-state index contributed by atoms with van der Waals surface area (Å²) in [6.45, 7) is 0.464. The van der Waals surface area contributed by atoms with Crippen molar-refractivity contribution in [2.45, 2.75) is 37.8 Å². The van der Waals surface area contributed by atoms with E-state index in [0.717, 1.165) is 24.8 Å². The zero-order valence-electron chi connectivity index (χ0n) is 10.3. The van der Waals surface area contributed by atoms with E-state index < -0.39 is 6.36 Å². The number of ether oxygens (including phenoxy) is 2. The molecule has 1 saturated heterocycles. The number of nitrogens with two attached hydrogens (primary N) is 1. The summed E-state index contributed by atoms with van der Waals surface area (Å²) in [5.74, 6) is -0.220. The first-order chi connectivity index (χ1) is 8.98. The Balaban J connectivity index is 2.01. The zero-order chi connectivity index (χ0) is 13.9. The van der Waals surface area contributed by atoms with Gasteiger partial charge in [0.15, 0.2) is 0 Å². The van der Waals surface area contributed by atoms with Crippen LogP contribution in [0.5, 0.6) is 5.75 Å². The van der Waals surface area contributed by atoms with Crippen molar-refractivity contribution in [3.63, 3.8) is 0 Å². The van der Waals surface area contributed by atoms with Gasteiger partial charge in [0.1, 0.15) is 5.75 Å². The van der Waals surface area contributed by atoms with Gasteiger partial charge in [0.25, 0.3) is 0 Å². The topological polar surface area (TPSA) is 44.5 Å². The van der Waals surface area contributed by atoms with Crippen LogP contribution in [0.1, 0.15) is 30.9 Å². The van der Waals surface area contributed by atoms with Crippen LogP contribution in [0.2, 0.25) is 0 Å². The maximum Gasteiger partial charge on any atom is 0.573 e. The molecule has 19 heavy (non-hydrogen) atoms. The standard InChI is InChI=1S/C13H16F3NO2/c14-13(15,16)19-10-6-4-9(5-7-10)12-3-1-2-11(8-17)18-12/h4-7,11-12H,1-3,8,17H2/t11-,12+/m0/s1. The Morgan fingerprint density at radius 3 is 2.47 bits per heavy atom. The van der Waals surface area contributed by atoms with Gasteiger partial charge in [0, 0.05) is 6.54 Å². The van der Waals surface area contributed by atoms with Crippen molar-refractivity contribution >= 4 is 0 Å². The Hall–Kier alpha value is -1.27. The van der Waals surface area contributed by atoms with Gasteiger partial charge < -0.3 is 15.2 Å². The van der Waals surface area contributed by atoms with Crippen molar-refractivity contribution in [3.8, 4) is 5.75 Å². The number of halogens is 3. The third kappa shape index (κ3) is 4.11. The van der Waals surface area contributed by atoms with Gasteiger partial charge in [-0.05, 0) is 37.0 Å². The number of hydrogen-bond donors (Lipinski definition) is 1. The summed E-state index contributed by atoms with van der Waals surface area (Å²) in [5.41, 5.74) is 6.42. The summed E-state index contributed by atoms with van der Waals surface area (Å²) < 4.78 is 45.7. The highest BCUT2D eigenvalue weighted by Gasteiger charge is 2.31. The Morgan fingerprint density at radius 2 is 1.89 bits per heavy atom. The summed E-state index contributed by atoms with van der Waals surface area (Å²) in [6, 6.07) is 5.81. The number of benzene rings is 1. The molecule has 1 aliphatic heterocycles. The molecule has 0 radical (unpaired) electrons. The van der Waals surface area contributed by atoms with Gasteiger partial charge in [-0.25, -0.2) is 0 Å². The van der Waals surface area contributed by atoms with Crippen molar-refractivity contribution in [1.29, 1.82) is 0 Å². The average molecular weight is 275 g/mol. The normalized spacial score (nSPS) is 24.2. The van der Waals surface area contributed by atoms with E-state index in [1.807, 2.05) is 0 Å². The molecule has 0 bridgehead atoms. The Bertz CT molecular complexity index is 405. The predicted octanol–water partition coefficient (Wildman–Crippen LogP) is 3.15. The van der Waals surface area contributed by atoms with Crippen LogP contribution in [-0.2, 0) is 4.74 Å². The van der Waals surface area contributed by atoms with Crippen molar-refractivity contribution in [3.05, 3.63) is 29.8 Å². The molecule has 1 aliphatic rings. The highest BCUT2D eigenvalue weighted by atomic mass is 19.4. The lowest BCUT2D eigenvalue weighted by Crippen LogP contribution is -2.29. The first-order valence-electron chi connectivity index (χ1n) is 6.19. The predicted molar refractivity (Wildman–Crippen MR) is 63.6 cm³/mol. The van der Waals surface area contributed by atoms with Crippen molar-refractivity contribution in [1.82, 2.24) is 0 Å². The van der Waals surface area contributed by atoms with Gasteiger partial charge in [0.05, 0.1) is 12.2 Å². The monoisotopic (exact) mass is 275 g/mol. The molecular weight excluding hydrogens is 259 g/mol. The van der Waals surface area contributed by atoms with Crippen LogP contribution >= 0.6 is 0 Å². The average Bonchev–Trinajstić information content (AvgIpc) is 2.38. The Labute approximate surface area is 109 Å². The van der Waals surface area contributed by atoms with Crippen LogP contribution < -0.4 is 10.5 Å². The molecule has 106 valence electrons. The van der Waals surface area contributed by atoms with Gasteiger partial charge in [-0.15, -0.1) is 13.2 Å². The zero-order valence-corrected chi connectivity index (χ0v) is 10.3. The minimum absolute atomic E-state index is 0.0323. The lowest BCUT2D eigenvalue weighted by atomic mass is 9.98. The first kappa shape index (κ1) is 14.1. The van der Waals surface area contributed by atoms with Gasteiger partial charge in [0.2, 0.25) is 0 Å². The van der Waals surface area contributed by atoms with Gasteiger partial charge >= 0.3 is 6.36 Å². The molecule has 0 aliphatic carbocycles. The van der Waals surface area contributed by atoms with Gasteiger partial charge in [-0.2, -0.15) is 0 Å². The summed E-state index contributed by atoms with van der Waals surface area (Å²) in [4.78, 5) is 0. The third-order valence-corrected chi connectivity index (χ3v) is 3.10. The lowest BCUT2D eigenvalue weighted by Gasteiger charge is -2.29. The van der Waals surface area contributed by atoms with Crippen LogP contribution in [-0.4, -0.2) is 19.0 Å². The van der Waals surface area contributed by atoms with Crippen LogP contribution in [0.3, 0.4) is 0 Å². The molecule has 0 amide bonds. The molecule has 2 atom stereocenters. The number of alkyl halides is 3. The summed E-state index contributed by atoms with van der Waals surface area (Å²) in [6.07, 6.45) is -1.92. The van der Waals surface area contributed by atoms with Crippen molar-refractivity contribution in [2.75, 3.05) is 6.54 Å². The molecule has 1 aromatic carbocycles. The van der Waals surface area contributed by atoms with E-state index in [-0.39, 0.29) is 18.0 Å². The van der Waals surface area contributed by atoms with E-state index in [4.69, 9.17) is 10.5 Å². The summed E-state index contributed by atoms with van der Waals surface area (Å²) >= 11 is 0. The molecule has 2 N–H and O–H groups in total. The molecule has 6 heteroatoms. The van der Waals surface area contributed by atoms with Crippen LogP contribution in [0.4, 0.5) is 13.2 Å². The second-order valence-electron chi connectivity index (χ2n) is 4.53. The molecule has 0 saturated carbocycles. The van der Waals surface area contributed by atoms with Gasteiger partial charge in [-0.1, -0.05) is 12.1 Å². The smallest absolute Gasteiger partial charge is 0.406 e. The van der Waals surface area contributed by atoms with E-state index in [1.165, 1.54) is 12.1 Å². The molecule has 1 fully saturated rings. The largest absolute Gasteiger partial charge is 0.573 e. The molecule has 0 aromatic heterocycles. The molecule has 3 nitrogen and oxygen atoms in total. The van der Waals surface area contributed by atoms with Crippen molar-refractivity contribution < 1.29 is 22.6 Å². The van der Waals surface area contributed by atoms with Crippen molar-refractivity contribution in [2.24, 2.45) is 5.73 Å².